The fourth-order valence-corrected chi connectivity index (χ4v) is 3.02. The van der Waals surface area contributed by atoms with Crippen LogP contribution >= 0.6 is 0 Å². The van der Waals surface area contributed by atoms with Crippen molar-refractivity contribution >= 4 is 0 Å². The van der Waals surface area contributed by atoms with Crippen molar-refractivity contribution in [3.63, 3.8) is 0 Å². The lowest BCUT2D eigenvalue weighted by molar-refractivity contribution is -0.138. The molecular weight excluding hydrogens is 263 g/mol. The summed E-state index contributed by atoms with van der Waals surface area (Å²) >= 11 is 0. The van der Waals surface area contributed by atoms with Gasteiger partial charge < -0.3 is 5.32 Å². The van der Waals surface area contributed by atoms with Gasteiger partial charge in [-0.3, -0.25) is 0 Å². The molecule has 0 aromatic heterocycles. The predicted octanol–water partition coefficient (Wildman–Crippen LogP) is 4.76. The summed E-state index contributed by atoms with van der Waals surface area (Å²) < 4.78 is 38.7. The first kappa shape index (κ1) is 15.4. The third-order valence-electron chi connectivity index (χ3n) is 4.29. The monoisotopic (exact) mass is 285 g/mol. The van der Waals surface area contributed by atoms with E-state index in [1.807, 2.05) is 0 Å². The van der Waals surface area contributed by atoms with Gasteiger partial charge in [0.25, 0.3) is 0 Å². The van der Waals surface area contributed by atoms with Gasteiger partial charge in [-0.05, 0) is 37.3 Å². The van der Waals surface area contributed by atoms with Gasteiger partial charge in [0.05, 0.1) is 5.56 Å². The average Bonchev–Trinajstić information content (AvgIpc) is 2.45. The summed E-state index contributed by atoms with van der Waals surface area (Å²) in [6.45, 7) is 2.37. The fourth-order valence-electron chi connectivity index (χ4n) is 3.02. The highest BCUT2D eigenvalue weighted by Crippen LogP contribution is 2.32. The molecule has 0 aliphatic heterocycles. The minimum absolute atomic E-state index is 0.275. The van der Waals surface area contributed by atoms with Crippen LogP contribution in [-0.2, 0) is 12.7 Å². The third-order valence-corrected chi connectivity index (χ3v) is 4.29. The van der Waals surface area contributed by atoms with Gasteiger partial charge in [-0.1, -0.05) is 37.5 Å². The van der Waals surface area contributed by atoms with E-state index in [9.17, 15) is 13.2 Å². The van der Waals surface area contributed by atoms with Gasteiger partial charge in [-0.15, -0.1) is 0 Å². The van der Waals surface area contributed by atoms with Gasteiger partial charge in [-0.2, -0.15) is 13.2 Å². The highest BCUT2D eigenvalue weighted by Gasteiger charge is 2.32. The Labute approximate surface area is 118 Å². The molecule has 1 N–H and O–H groups in total. The van der Waals surface area contributed by atoms with Crippen LogP contribution in [0.2, 0.25) is 0 Å². The van der Waals surface area contributed by atoms with Gasteiger partial charge in [0.15, 0.2) is 0 Å². The maximum absolute atomic E-state index is 12.9. The van der Waals surface area contributed by atoms with E-state index in [2.05, 4.69) is 12.2 Å². The molecule has 1 fully saturated rings. The van der Waals surface area contributed by atoms with E-state index in [4.69, 9.17) is 0 Å². The van der Waals surface area contributed by atoms with Crippen molar-refractivity contribution in [3.8, 4) is 0 Å². The van der Waals surface area contributed by atoms with E-state index in [1.165, 1.54) is 38.2 Å². The Bertz CT molecular complexity index is 422. The van der Waals surface area contributed by atoms with Crippen molar-refractivity contribution in [1.82, 2.24) is 5.32 Å². The number of benzene rings is 1. The molecule has 2 rings (SSSR count). The molecule has 0 radical (unpaired) electrons. The van der Waals surface area contributed by atoms with E-state index in [-0.39, 0.29) is 12.6 Å². The maximum Gasteiger partial charge on any atom is 0.416 e. The second kappa shape index (κ2) is 6.61. The quantitative estimate of drug-likeness (QED) is 0.840. The lowest BCUT2D eigenvalue weighted by Gasteiger charge is -2.28. The molecule has 1 saturated carbocycles. The first-order valence-corrected chi connectivity index (χ1v) is 7.37. The van der Waals surface area contributed by atoms with E-state index in [0.717, 1.165) is 6.07 Å². The zero-order chi connectivity index (χ0) is 14.6. The van der Waals surface area contributed by atoms with E-state index < -0.39 is 11.7 Å². The first-order chi connectivity index (χ1) is 9.48. The summed E-state index contributed by atoms with van der Waals surface area (Å²) in [7, 11) is 0. The number of alkyl halides is 3. The Morgan fingerprint density at radius 3 is 2.45 bits per heavy atom. The van der Waals surface area contributed by atoms with Crippen LogP contribution in [0.3, 0.4) is 0 Å². The lowest BCUT2D eigenvalue weighted by Crippen LogP contribution is -2.34. The van der Waals surface area contributed by atoms with Crippen molar-refractivity contribution < 1.29 is 13.2 Å². The van der Waals surface area contributed by atoms with Gasteiger partial charge in [0.2, 0.25) is 0 Å². The van der Waals surface area contributed by atoms with Crippen LogP contribution in [0.1, 0.15) is 50.2 Å². The average molecular weight is 285 g/mol. The molecule has 20 heavy (non-hydrogen) atoms. The highest BCUT2D eigenvalue weighted by molar-refractivity contribution is 5.29. The van der Waals surface area contributed by atoms with Crippen LogP contribution in [0.4, 0.5) is 13.2 Å². The Morgan fingerprint density at radius 2 is 1.80 bits per heavy atom. The van der Waals surface area contributed by atoms with Crippen LogP contribution < -0.4 is 5.32 Å². The van der Waals surface area contributed by atoms with Gasteiger partial charge >= 0.3 is 6.18 Å². The molecule has 112 valence electrons. The molecule has 1 nitrogen and oxygen atoms in total. The molecule has 0 saturated heterocycles. The SMILES string of the molecule is CC(NCc1ccccc1C(F)(F)F)C1CCCCC1. The molecule has 0 heterocycles. The van der Waals surface area contributed by atoms with Crippen molar-refractivity contribution in [1.29, 1.82) is 0 Å². The Hall–Kier alpha value is -1.03. The molecule has 0 amide bonds. The number of rotatable bonds is 4. The molecule has 0 spiro atoms. The number of halogens is 3. The number of hydrogen-bond donors (Lipinski definition) is 1. The lowest BCUT2D eigenvalue weighted by atomic mass is 9.84. The third kappa shape index (κ3) is 3.98. The minimum atomic E-state index is -4.27. The standard InChI is InChI=1S/C16H22F3N/c1-12(13-7-3-2-4-8-13)20-11-14-9-5-6-10-15(14)16(17,18)19/h5-6,9-10,12-13,20H,2-4,7-8,11H2,1H3. The topological polar surface area (TPSA) is 12.0 Å². The zero-order valence-electron chi connectivity index (χ0n) is 11.8. The number of nitrogens with one attached hydrogen (secondary N) is 1. The largest absolute Gasteiger partial charge is 0.416 e. The second-order valence-electron chi connectivity index (χ2n) is 5.72. The Morgan fingerprint density at radius 1 is 1.15 bits per heavy atom. The summed E-state index contributed by atoms with van der Waals surface area (Å²) in [6, 6.07) is 6.09. The summed E-state index contributed by atoms with van der Waals surface area (Å²) in [5.74, 6) is 0.599. The minimum Gasteiger partial charge on any atom is -0.310 e. The van der Waals surface area contributed by atoms with E-state index >= 15 is 0 Å². The highest BCUT2D eigenvalue weighted by atomic mass is 19.4. The maximum atomic E-state index is 12.9. The summed E-state index contributed by atoms with van der Waals surface area (Å²) in [5, 5.41) is 3.28. The predicted molar refractivity (Wildman–Crippen MR) is 74.3 cm³/mol. The van der Waals surface area contributed by atoms with Gasteiger partial charge in [0.1, 0.15) is 0 Å². The van der Waals surface area contributed by atoms with E-state index in [0.29, 0.717) is 11.5 Å². The van der Waals surface area contributed by atoms with Crippen LogP contribution in [0.25, 0.3) is 0 Å². The smallest absolute Gasteiger partial charge is 0.310 e. The van der Waals surface area contributed by atoms with Crippen LogP contribution in [-0.4, -0.2) is 6.04 Å². The Kier molecular flexibility index (Phi) is 5.08. The summed E-state index contributed by atoms with van der Waals surface area (Å²) in [5.41, 5.74) is -0.189. The molecule has 1 atom stereocenters. The van der Waals surface area contributed by atoms with Crippen molar-refractivity contribution in [2.24, 2.45) is 5.92 Å². The van der Waals surface area contributed by atoms with Gasteiger partial charge in [-0.25, -0.2) is 0 Å². The van der Waals surface area contributed by atoms with Crippen LogP contribution in [0, 0.1) is 5.92 Å². The molecule has 1 unspecified atom stereocenters. The Balaban J connectivity index is 1.96. The number of hydrogen-bond acceptors (Lipinski definition) is 1. The molecule has 1 aromatic rings. The molecule has 1 aliphatic rings. The fraction of sp³-hybridized carbons (Fsp3) is 0.625. The zero-order valence-corrected chi connectivity index (χ0v) is 11.8. The molecule has 4 heteroatoms. The summed E-state index contributed by atoms with van der Waals surface area (Å²) in [6.07, 6.45) is 1.89. The van der Waals surface area contributed by atoms with Gasteiger partial charge in [0, 0.05) is 12.6 Å². The van der Waals surface area contributed by atoms with Crippen molar-refractivity contribution in [2.45, 2.75) is 57.8 Å². The molecular formula is C16H22F3N. The van der Waals surface area contributed by atoms with Crippen molar-refractivity contribution in [2.75, 3.05) is 0 Å². The van der Waals surface area contributed by atoms with E-state index in [1.54, 1.807) is 12.1 Å². The molecule has 1 aliphatic carbocycles. The molecule has 0 bridgehead atoms. The van der Waals surface area contributed by atoms with Crippen LogP contribution in [0.5, 0.6) is 0 Å². The second-order valence-corrected chi connectivity index (χ2v) is 5.72. The normalized spacial score (nSPS) is 19.0. The molecule has 1 aromatic carbocycles. The van der Waals surface area contributed by atoms with Crippen LogP contribution in [0.15, 0.2) is 24.3 Å². The first-order valence-electron chi connectivity index (χ1n) is 7.37. The van der Waals surface area contributed by atoms with Crippen molar-refractivity contribution in [3.05, 3.63) is 35.4 Å². The summed E-state index contributed by atoms with van der Waals surface area (Å²) in [4.78, 5) is 0.